The number of esters is 2. The van der Waals surface area contributed by atoms with Crippen molar-refractivity contribution in [3.63, 3.8) is 0 Å². The summed E-state index contributed by atoms with van der Waals surface area (Å²) < 4.78 is 17.1. The number of fused-ring (bicyclic) bond motifs is 1. The summed E-state index contributed by atoms with van der Waals surface area (Å²) in [7, 11) is 0. The van der Waals surface area contributed by atoms with Gasteiger partial charge >= 0.3 is 11.9 Å². The monoisotopic (exact) mass is 446 g/mol. The minimum absolute atomic E-state index is 0.00132. The van der Waals surface area contributed by atoms with Gasteiger partial charge in [-0.25, -0.2) is 4.79 Å². The summed E-state index contributed by atoms with van der Waals surface area (Å²) >= 11 is 0. The molecule has 176 valence electrons. The lowest BCUT2D eigenvalue weighted by Gasteiger charge is -2.48. The van der Waals surface area contributed by atoms with Crippen LogP contribution < -0.4 is 0 Å². The fraction of sp³-hybridized carbons (Fsp3) is 0.720. The molecule has 0 amide bonds. The molecule has 7 heteroatoms. The van der Waals surface area contributed by atoms with Crippen molar-refractivity contribution in [1.82, 2.24) is 0 Å². The van der Waals surface area contributed by atoms with Gasteiger partial charge in [-0.3, -0.25) is 9.59 Å². The molecule has 32 heavy (non-hydrogen) atoms. The number of carbonyl (C=O) groups is 3. The Hall–Kier alpha value is -1.99. The molecule has 1 saturated heterocycles. The Kier molecular flexibility index (Phi) is 6.34. The van der Waals surface area contributed by atoms with Gasteiger partial charge in [-0.05, 0) is 44.6 Å². The van der Waals surface area contributed by atoms with Crippen LogP contribution in [0.4, 0.5) is 0 Å². The molecular weight excluding hydrogens is 412 g/mol. The van der Waals surface area contributed by atoms with Crippen LogP contribution in [0.3, 0.4) is 0 Å². The molecule has 0 aromatic carbocycles. The first kappa shape index (κ1) is 23.2. The zero-order valence-electron chi connectivity index (χ0n) is 19.3. The van der Waals surface area contributed by atoms with Crippen molar-refractivity contribution in [3.05, 3.63) is 23.8 Å². The molecule has 4 aliphatic rings. The van der Waals surface area contributed by atoms with Gasteiger partial charge in [-0.1, -0.05) is 26.0 Å². The lowest BCUT2D eigenvalue weighted by Crippen LogP contribution is -2.52. The second-order valence-corrected chi connectivity index (χ2v) is 10.4. The van der Waals surface area contributed by atoms with Crippen LogP contribution in [0, 0.1) is 29.6 Å². The van der Waals surface area contributed by atoms with Gasteiger partial charge in [0.25, 0.3) is 0 Å². The first-order valence-electron chi connectivity index (χ1n) is 11.7. The maximum Gasteiger partial charge on any atom is 0.334 e. The van der Waals surface area contributed by atoms with Crippen molar-refractivity contribution in [3.8, 4) is 0 Å². The van der Waals surface area contributed by atoms with Crippen LogP contribution in [0.15, 0.2) is 23.8 Å². The summed E-state index contributed by atoms with van der Waals surface area (Å²) in [5.74, 6) is -0.445. The highest BCUT2D eigenvalue weighted by Gasteiger charge is 2.61. The van der Waals surface area contributed by atoms with Crippen LogP contribution in [0.1, 0.15) is 53.4 Å². The average Bonchev–Trinajstić information content (AvgIpc) is 3.40. The van der Waals surface area contributed by atoms with Gasteiger partial charge in [0.1, 0.15) is 30.2 Å². The van der Waals surface area contributed by atoms with Crippen LogP contribution in [0.5, 0.6) is 0 Å². The summed E-state index contributed by atoms with van der Waals surface area (Å²) in [5, 5.41) is 10.8. The van der Waals surface area contributed by atoms with Crippen molar-refractivity contribution >= 4 is 17.7 Å². The highest BCUT2D eigenvalue weighted by molar-refractivity contribution is 5.90. The Balaban J connectivity index is 1.54. The van der Waals surface area contributed by atoms with Crippen LogP contribution in [0.25, 0.3) is 0 Å². The number of epoxide rings is 1. The Bertz CT molecular complexity index is 845. The smallest absolute Gasteiger partial charge is 0.334 e. The SMILES string of the molecule is C=C(C)CC(=O)O[C@@H]1C[C@H](C)C[C@@H]2CC(=O)[C@@H](C)[C@H]([C@@H]3O[C@H]3[C@@H](O)[C@H]3C=C(C)C(=O)O3)[C@H]21. The van der Waals surface area contributed by atoms with Crippen LogP contribution >= 0.6 is 0 Å². The number of hydrogen-bond acceptors (Lipinski definition) is 7. The van der Waals surface area contributed by atoms with Crippen molar-refractivity contribution in [1.29, 1.82) is 0 Å². The van der Waals surface area contributed by atoms with E-state index in [1.54, 1.807) is 19.9 Å². The number of cyclic esters (lactones) is 1. The molecule has 2 aliphatic heterocycles. The van der Waals surface area contributed by atoms with Crippen molar-refractivity contribution < 1.29 is 33.7 Å². The van der Waals surface area contributed by atoms with E-state index in [-0.39, 0.29) is 54.1 Å². The number of ketones is 1. The second kappa shape index (κ2) is 8.75. The van der Waals surface area contributed by atoms with E-state index < -0.39 is 24.3 Å². The van der Waals surface area contributed by atoms with E-state index in [2.05, 4.69) is 13.5 Å². The molecule has 4 rings (SSSR count). The molecule has 0 bridgehead atoms. The van der Waals surface area contributed by atoms with Gasteiger partial charge in [0.15, 0.2) is 0 Å². The third-order valence-electron chi connectivity index (χ3n) is 7.63. The third-order valence-corrected chi connectivity index (χ3v) is 7.63. The number of carbonyl (C=O) groups excluding carboxylic acids is 3. The maximum absolute atomic E-state index is 12.9. The van der Waals surface area contributed by atoms with Gasteiger partial charge in [0, 0.05) is 29.7 Å². The normalized spacial score (nSPS) is 41.9. The zero-order chi connectivity index (χ0) is 23.3. The van der Waals surface area contributed by atoms with Crippen LogP contribution in [-0.4, -0.2) is 53.3 Å². The number of rotatable bonds is 6. The van der Waals surface area contributed by atoms with E-state index >= 15 is 0 Å². The molecule has 0 aromatic heterocycles. The molecule has 0 aromatic rings. The largest absolute Gasteiger partial charge is 0.462 e. The molecule has 0 spiro atoms. The Morgan fingerprint density at radius 3 is 2.62 bits per heavy atom. The van der Waals surface area contributed by atoms with Crippen LogP contribution in [0.2, 0.25) is 0 Å². The first-order chi connectivity index (χ1) is 15.1. The summed E-state index contributed by atoms with van der Waals surface area (Å²) in [5.41, 5.74) is 1.22. The van der Waals surface area contributed by atoms with Gasteiger partial charge < -0.3 is 19.3 Å². The van der Waals surface area contributed by atoms with Crippen molar-refractivity contribution in [2.45, 2.75) is 83.9 Å². The molecule has 2 saturated carbocycles. The molecule has 10 atom stereocenters. The van der Waals surface area contributed by atoms with Crippen LogP contribution in [-0.2, 0) is 28.6 Å². The lowest BCUT2D eigenvalue weighted by molar-refractivity contribution is -0.164. The minimum atomic E-state index is -0.990. The predicted octanol–water partition coefficient (Wildman–Crippen LogP) is 2.75. The topological polar surface area (TPSA) is 102 Å². The number of ether oxygens (including phenoxy) is 3. The fourth-order valence-electron chi connectivity index (χ4n) is 6.13. The number of hydrogen-bond donors (Lipinski definition) is 1. The lowest BCUT2D eigenvalue weighted by atomic mass is 9.57. The van der Waals surface area contributed by atoms with E-state index in [1.807, 2.05) is 6.92 Å². The number of aliphatic hydroxyl groups excluding tert-OH is 1. The van der Waals surface area contributed by atoms with Gasteiger partial charge in [-0.2, -0.15) is 0 Å². The van der Waals surface area contributed by atoms with E-state index in [9.17, 15) is 19.5 Å². The number of Topliss-reactive ketones (excluding diaryl/α,β-unsaturated/α-hetero) is 1. The first-order valence-corrected chi connectivity index (χ1v) is 11.7. The van der Waals surface area contributed by atoms with Gasteiger partial charge in [0.2, 0.25) is 0 Å². The fourth-order valence-corrected chi connectivity index (χ4v) is 6.13. The quantitative estimate of drug-likeness (QED) is 0.380. The maximum atomic E-state index is 12.9. The van der Waals surface area contributed by atoms with Gasteiger partial charge in [0.05, 0.1) is 12.5 Å². The predicted molar refractivity (Wildman–Crippen MR) is 115 cm³/mol. The molecule has 0 unspecified atom stereocenters. The Morgan fingerprint density at radius 2 is 2.00 bits per heavy atom. The number of aliphatic hydroxyl groups is 1. The summed E-state index contributed by atoms with van der Waals surface area (Å²) in [6.45, 7) is 11.3. The standard InChI is InChI=1S/C25H34O7/c1-11(2)6-19(27)30-17-8-12(3)7-15-10-16(26)14(5)20(21(15)17)23-24(32-23)22(28)18-9-13(4)25(29)31-18/h9,12,14-15,17-18,20-24,28H,1,6-8,10H2,2-5H3/t12-,14-,15-,17-,18-,20+,21-,22+,23+,24+/m1/s1. The van der Waals surface area contributed by atoms with E-state index in [1.165, 1.54) is 0 Å². The highest BCUT2D eigenvalue weighted by atomic mass is 16.6. The minimum Gasteiger partial charge on any atom is -0.462 e. The zero-order valence-corrected chi connectivity index (χ0v) is 19.3. The third kappa shape index (κ3) is 4.42. The average molecular weight is 447 g/mol. The van der Waals surface area contributed by atoms with E-state index in [4.69, 9.17) is 14.2 Å². The molecule has 2 aliphatic carbocycles. The molecule has 2 heterocycles. The van der Waals surface area contributed by atoms with E-state index in [0.717, 1.165) is 18.4 Å². The molecule has 7 nitrogen and oxygen atoms in total. The summed E-state index contributed by atoms with van der Waals surface area (Å²) in [6.07, 6.45) is 1.10. The molecule has 0 radical (unpaired) electrons. The summed E-state index contributed by atoms with van der Waals surface area (Å²) in [6, 6.07) is 0. The molecular formula is C25H34O7. The Labute approximate surface area is 189 Å². The highest BCUT2D eigenvalue weighted by Crippen LogP contribution is 2.53. The van der Waals surface area contributed by atoms with Crippen molar-refractivity contribution in [2.24, 2.45) is 29.6 Å². The molecule has 3 fully saturated rings. The Morgan fingerprint density at radius 1 is 1.28 bits per heavy atom. The molecule has 1 N–H and O–H groups in total. The van der Waals surface area contributed by atoms with Gasteiger partial charge in [-0.15, -0.1) is 0 Å². The van der Waals surface area contributed by atoms with E-state index in [0.29, 0.717) is 17.9 Å². The second-order valence-electron chi connectivity index (χ2n) is 10.4. The van der Waals surface area contributed by atoms with Crippen molar-refractivity contribution in [2.75, 3.05) is 0 Å². The summed E-state index contributed by atoms with van der Waals surface area (Å²) in [4.78, 5) is 37.1.